The zero-order valence-electron chi connectivity index (χ0n) is 6.59. The Balaban J connectivity index is 3.99. The third-order valence-electron chi connectivity index (χ3n) is 1.09. The minimum absolute atomic E-state index is 0.768. The first-order valence-electron chi connectivity index (χ1n) is 3.62. The first kappa shape index (κ1) is 8.97. The zero-order valence-corrected chi connectivity index (χ0v) is 6.59. The summed E-state index contributed by atoms with van der Waals surface area (Å²) < 4.78 is 0. The number of nitriles is 1. The van der Waals surface area contributed by atoms with Crippen LogP contribution in [-0.2, 0) is 0 Å². The molecule has 1 nitrogen and oxygen atoms in total. The number of hydrogen-bond donors (Lipinski definition) is 0. The lowest BCUT2D eigenvalue weighted by molar-refractivity contribution is 1.20. The van der Waals surface area contributed by atoms with E-state index in [9.17, 15) is 0 Å². The quantitative estimate of drug-likeness (QED) is 0.431. The molecule has 0 radical (unpaired) electrons. The highest BCUT2D eigenvalue weighted by molar-refractivity contribution is 5.32. The highest BCUT2D eigenvalue weighted by atomic mass is 14.2. The highest BCUT2D eigenvalue weighted by Crippen LogP contribution is 1.97. The van der Waals surface area contributed by atoms with Gasteiger partial charge in [-0.3, -0.25) is 0 Å². The molecule has 0 spiro atoms. The van der Waals surface area contributed by atoms with Gasteiger partial charge in [-0.2, -0.15) is 5.26 Å². The number of nitrogens with zero attached hydrogens (tertiary/aromatic N) is 1. The van der Waals surface area contributed by atoms with E-state index in [0.29, 0.717) is 0 Å². The van der Waals surface area contributed by atoms with E-state index < -0.39 is 0 Å². The Hall–Kier alpha value is -1.03. The van der Waals surface area contributed by atoms with Crippen LogP contribution in [0.1, 0.15) is 26.7 Å². The predicted octanol–water partition coefficient (Wildman–Crippen LogP) is 2.81. The second-order valence-corrected chi connectivity index (χ2v) is 1.99. The van der Waals surface area contributed by atoms with E-state index in [1.54, 1.807) is 0 Å². The Kier molecular flexibility index (Phi) is 5.47. The molecular formula is C9H13N. The van der Waals surface area contributed by atoms with Crippen molar-refractivity contribution in [2.24, 2.45) is 0 Å². The number of allylic oxidation sites excluding steroid dienone is 4. The fraction of sp³-hybridized carbons (Fsp3) is 0.444. The molecule has 0 atom stereocenters. The third kappa shape index (κ3) is 3.91. The molecule has 0 heterocycles. The van der Waals surface area contributed by atoms with E-state index in [2.05, 4.69) is 13.0 Å². The van der Waals surface area contributed by atoms with Crippen molar-refractivity contribution in [3.8, 4) is 6.07 Å². The van der Waals surface area contributed by atoms with Gasteiger partial charge in [-0.25, -0.2) is 0 Å². The van der Waals surface area contributed by atoms with E-state index in [-0.39, 0.29) is 0 Å². The number of rotatable bonds is 3. The summed E-state index contributed by atoms with van der Waals surface area (Å²) in [5, 5.41) is 8.51. The molecule has 10 heavy (non-hydrogen) atoms. The summed E-state index contributed by atoms with van der Waals surface area (Å²) in [4.78, 5) is 0. The molecule has 54 valence electrons. The van der Waals surface area contributed by atoms with Crippen LogP contribution in [0.4, 0.5) is 0 Å². The molecule has 0 aromatic carbocycles. The maximum absolute atomic E-state index is 8.51. The minimum atomic E-state index is 0.768. The van der Waals surface area contributed by atoms with Crippen LogP contribution in [0.5, 0.6) is 0 Å². The molecule has 0 unspecified atom stereocenters. The van der Waals surface area contributed by atoms with E-state index in [1.165, 1.54) is 0 Å². The summed E-state index contributed by atoms with van der Waals surface area (Å²) in [5.41, 5.74) is 0.768. The Morgan fingerprint density at radius 1 is 1.40 bits per heavy atom. The molecule has 0 aliphatic carbocycles. The van der Waals surface area contributed by atoms with Gasteiger partial charge in [-0.05, 0) is 18.9 Å². The SMILES string of the molecule is CCC=CC(C#N)=CCC. The van der Waals surface area contributed by atoms with Crippen molar-refractivity contribution >= 4 is 0 Å². The van der Waals surface area contributed by atoms with Crippen molar-refractivity contribution in [3.05, 3.63) is 23.8 Å². The van der Waals surface area contributed by atoms with Crippen molar-refractivity contribution in [1.29, 1.82) is 5.26 Å². The van der Waals surface area contributed by atoms with Gasteiger partial charge in [0.05, 0.1) is 6.07 Å². The van der Waals surface area contributed by atoms with E-state index >= 15 is 0 Å². The normalized spacial score (nSPS) is 11.9. The summed E-state index contributed by atoms with van der Waals surface area (Å²) in [6.07, 6.45) is 7.69. The fourth-order valence-corrected chi connectivity index (χ4v) is 0.616. The Morgan fingerprint density at radius 2 is 2.10 bits per heavy atom. The molecule has 0 aromatic heterocycles. The van der Waals surface area contributed by atoms with Crippen LogP contribution in [0.3, 0.4) is 0 Å². The van der Waals surface area contributed by atoms with E-state index in [1.807, 2.05) is 25.2 Å². The van der Waals surface area contributed by atoms with E-state index in [0.717, 1.165) is 18.4 Å². The van der Waals surface area contributed by atoms with Crippen molar-refractivity contribution in [2.75, 3.05) is 0 Å². The van der Waals surface area contributed by atoms with Gasteiger partial charge in [0.2, 0.25) is 0 Å². The van der Waals surface area contributed by atoms with Gasteiger partial charge in [-0.15, -0.1) is 0 Å². The van der Waals surface area contributed by atoms with Crippen LogP contribution in [-0.4, -0.2) is 0 Å². The van der Waals surface area contributed by atoms with Crippen LogP contribution in [0, 0.1) is 11.3 Å². The average molecular weight is 135 g/mol. The Bertz CT molecular complexity index is 170. The molecule has 0 saturated carbocycles. The maximum atomic E-state index is 8.51. The second-order valence-electron chi connectivity index (χ2n) is 1.99. The first-order chi connectivity index (χ1) is 4.85. The van der Waals surface area contributed by atoms with Crippen molar-refractivity contribution in [3.63, 3.8) is 0 Å². The van der Waals surface area contributed by atoms with Gasteiger partial charge < -0.3 is 0 Å². The van der Waals surface area contributed by atoms with Gasteiger partial charge in [0, 0.05) is 5.57 Å². The minimum Gasteiger partial charge on any atom is -0.192 e. The molecule has 0 fully saturated rings. The van der Waals surface area contributed by atoms with Crippen molar-refractivity contribution in [2.45, 2.75) is 26.7 Å². The maximum Gasteiger partial charge on any atom is 0.0988 e. The molecule has 0 saturated heterocycles. The molecule has 0 aliphatic rings. The summed E-state index contributed by atoms with van der Waals surface area (Å²) in [5.74, 6) is 0. The van der Waals surface area contributed by atoms with Crippen LogP contribution in [0.25, 0.3) is 0 Å². The van der Waals surface area contributed by atoms with Crippen LogP contribution in [0.15, 0.2) is 23.8 Å². The Morgan fingerprint density at radius 3 is 2.50 bits per heavy atom. The lowest BCUT2D eigenvalue weighted by atomic mass is 10.2. The average Bonchev–Trinajstić information content (AvgIpc) is 1.98. The smallest absolute Gasteiger partial charge is 0.0988 e. The summed E-state index contributed by atoms with van der Waals surface area (Å²) in [7, 11) is 0. The van der Waals surface area contributed by atoms with Crippen LogP contribution < -0.4 is 0 Å². The molecule has 1 heteroatoms. The standard InChI is InChI=1S/C9H13N/c1-3-5-7-9(8-10)6-4-2/h5-7H,3-4H2,1-2H3. The van der Waals surface area contributed by atoms with Crippen molar-refractivity contribution < 1.29 is 0 Å². The fourth-order valence-electron chi connectivity index (χ4n) is 0.616. The highest BCUT2D eigenvalue weighted by Gasteiger charge is 1.83. The zero-order chi connectivity index (χ0) is 7.82. The van der Waals surface area contributed by atoms with E-state index in [4.69, 9.17) is 5.26 Å². The summed E-state index contributed by atoms with van der Waals surface area (Å²) in [6, 6.07) is 2.11. The molecule has 0 bridgehead atoms. The monoisotopic (exact) mass is 135 g/mol. The number of hydrogen-bond acceptors (Lipinski definition) is 1. The van der Waals surface area contributed by atoms with Gasteiger partial charge in [0.25, 0.3) is 0 Å². The third-order valence-corrected chi connectivity index (χ3v) is 1.09. The molecule has 0 amide bonds. The van der Waals surface area contributed by atoms with Gasteiger partial charge >= 0.3 is 0 Å². The van der Waals surface area contributed by atoms with Gasteiger partial charge in [-0.1, -0.05) is 26.0 Å². The molecule has 0 rings (SSSR count). The lowest BCUT2D eigenvalue weighted by Crippen LogP contribution is -1.69. The first-order valence-corrected chi connectivity index (χ1v) is 3.62. The predicted molar refractivity (Wildman–Crippen MR) is 43.4 cm³/mol. The summed E-state index contributed by atoms with van der Waals surface area (Å²) >= 11 is 0. The topological polar surface area (TPSA) is 23.8 Å². The van der Waals surface area contributed by atoms with Crippen LogP contribution in [0.2, 0.25) is 0 Å². The lowest BCUT2D eigenvalue weighted by Gasteiger charge is -1.84. The van der Waals surface area contributed by atoms with Gasteiger partial charge in [0.1, 0.15) is 0 Å². The molecule has 0 aromatic rings. The molecule has 0 aliphatic heterocycles. The van der Waals surface area contributed by atoms with Crippen LogP contribution >= 0.6 is 0 Å². The largest absolute Gasteiger partial charge is 0.192 e. The Labute approximate surface area is 62.7 Å². The summed E-state index contributed by atoms with van der Waals surface area (Å²) in [6.45, 7) is 4.08. The van der Waals surface area contributed by atoms with Gasteiger partial charge in [0.15, 0.2) is 0 Å². The molecule has 0 N–H and O–H groups in total. The van der Waals surface area contributed by atoms with Crippen molar-refractivity contribution in [1.82, 2.24) is 0 Å². The molecular weight excluding hydrogens is 122 g/mol. The second kappa shape index (κ2) is 6.10.